The second-order valence-corrected chi connectivity index (χ2v) is 4.73. The number of nitrogens with zero attached hydrogens (tertiary/aromatic N) is 2. The molecule has 0 unspecified atom stereocenters. The summed E-state index contributed by atoms with van der Waals surface area (Å²) in [6.07, 6.45) is 1.71. The summed E-state index contributed by atoms with van der Waals surface area (Å²) in [5.74, 6) is -0.138. The van der Waals surface area contributed by atoms with Crippen LogP contribution in [0.4, 0.5) is 11.4 Å². The molecule has 4 nitrogen and oxygen atoms in total. The van der Waals surface area contributed by atoms with Crippen LogP contribution in [0.1, 0.15) is 29.8 Å². The first-order valence-corrected chi connectivity index (χ1v) is 7.11. The minimum Gasteiger partial charge on any atom is -0.355 e. The fraction of sp³-hybridized carbons (Fsp3) is 0.167. The molecule has 1 amide bonds. The van der Waals surface area contributed by atoms with Gasteiger partial charge >= 0.3 is 0 Å². The van der Waals surface area contributed by atoms with Gasteiger partial charge in [-0.1, -0.05) is 30.3 Å². The van der Waals surface area contributed by atoms with Crippen LogP contribution >= 0.6 is 0 Å². The second-order valence-electron chi connectivity index (χ2n) is 4.73. The summed E-state index contributed by atoms with van der Waals surface area (Å²) in [5.41, 5.74) is 3.91. The van der Waals surface area contributed by atoms with E-state index in [-0.39, 0.29) is 5.91 Å². The third kappa shape index (κ3) is 3.67. The predicted molar refractivity (Wildman–Crippen MR) is 92.0 cm³/mol. The van der Waals surface area contributed by atoms with Crippen molar-refractivity contribution in [2.75, 3.05) is 7.05 Å². The third-order valence-electron chi connectivity index (χ3n) is 3.21. The molecule has 0 saturated carbocycles. The van der Waals surface area contributed by atoms with E-state index in [0.29, 0.717) is 11.3 Å². The summed E-state index contributed by atoms with van der Waals surface area (Å²) < 4.78 is 0. The van der Waals surface area contributed by atoms with Crippen molar-refractivity contribution in [1.29, 1.82) is 0 Å². The molecule has 0 spiro atoms. The molecule has 2 aromatic rings. The molecule has 0 bridgehead atoms. The van der Waals surface area contributed by atoms with Crippen LogP contribution in [0.15, 0.2) is 58.5 Å². The molecule has 2 aromatic carbocycles. The smallest absolute Gasteiger partial charge is 0.251 e. The van der Waals surface area contributed by atoms with Gasteiger partial charge in [0, 0.05) is 24.5 Å². The minimum atomic E-state index is -0.138. The van der Waals surface area contributed by atoms with Crippen LogP contribution in [0, 0.1) is 0 Å². The fourth-order valence-corrected chi connectivity index (χ4v) is 2.07. The van der Waals surface area contributed by atoms with Crippen molar-refractivity contribution >= 4 is 29.2 Å². The number of hydrogen-bond acceptors (Lipinski definition) is 3. The average molecular weight is 293 g/mol. The van der Waals surface area contributed by atoms with Gasteiger partial charge in [-0.25, -0.2) is 0 Å². The maximum Gasteiger partial charge on any atom is 0.251 e. The van der Waals surface area contributed by atoms with E-state index in [2.05, 4.69) is 15.3 Å². The van der Waals surface area contributed by atoms with E-state index in [1.807, 2.05) is 50.2 Å². The number of aliphatic imine (C=N–C) groups is 2. The zero-order valence-electron chi connectivity index (χ0n) is 13.0. The molecule has 0 aliphatic carbocycles. The van der Waals surface area contributed by atoms with E-state index < -0.39 is 0 Å². The van der Waals surface area contributed by atoms with Crippen molar-refractivity contribution in [3.8, 4) is 0 Å². The molecule has 112 valence electrons. The van der Waals surface area contributed by atoms with Crippen molar-refractivity contribution < 1.29 is 4.79 Å². The normalized spacial score (nSPS) is 11.7. The second kappa shape index (κ2) is 7.31. The molecule has 1 N–H and O–H groups in total. The number of hydrogen-bond donors (Lipinski definition) is 1. The highest BCUT2D eigenvalue weighted by Crippen LogP contribution is 2.29. The zero-order chi connectivity index (χ0) is 15.9. The Morgan fingerprint density at radius 3 is 2.41 bits per heavy atom. The van der Waals surface area contributed by atoms with Gasteiger partial charge in [-0.3, -0.25) is 14.8 Å². The van der Waals surface area contributed by atoms with Crippen molar-refractivity contribution in [1.82, 2.24) is 5.32 Å². The molecule has 0 saturated heterocycles. The largest absolute Gasteiger partial charge is 0.355 e. The molecule has 0 aliphatic heterocycles. The van der Waals surface area contributed by atoms with Crippen LogP contribution in [0.5, 0.6) is 0 Å². The molecule has 0 fully saturated rings. The zero-order valence-corrected chi connectivity index (χ0v) is 13.0. The van der Waals surface area contributed by atoms with Gasteiger partial charge in [-0.2, -0.15) is 0 Å². The van der Waals surface area contributed by atoms with Crippen LogP contribution in [0.25, 0.3) is 0 Å². The van der Waals surface area contributed by atoms with Gasteiger partial charge in [-0.05, 0) is 37.6 Å². The summed E-state index contributed by atoms with van der Waals surface area (Å²) in [5, 5.41) is 2.62. The molecule has 0 atom stereocenters. The lowest BCUT2D eigenvalue weighted by molar-refractivity contribution is 0.0963. The number of benzene rings is 2. The van der Waals surface area contributed by atoms with Crippen molar-refractivity contribution in [2.24, 2.45) is 9.98 Å². The highest BCUT2D eigenvalue weighted by atomic mass is 16.1. The van der Waals surface area contributed by atoms with Crippen LogP contribution in [-0.2, 0) is 0 Å². The maximum absolute atomic E-state index is 11.8. The average Bonchev–Trinajstić information content (AvgIpc) is 2.56. The highest BCUT2D eigenvalue weighted by Gasteiger charge is 2.08. The van der Waals surface area contributed by atoms with E-state index >= 15 is 0 Å². The Bertz CT molecular complexity index is 718. The van der Waals surface area contributed by atoms with Crippen molar-refractivity contribution in [2.45, 2.75) is 13.8 Å². The van der Waals surface area contributed by atoms with Gasteiger partial charge in [0.05, 0.1) is 11.4 Å². The first-order valence-electron chi connectivity index (χ1n) is 7.11. The van der Waals surface area contributed by atoms with Gasteiger partial charge in [-0.15, -0.1) is 0 Å². The van der Waals surface area contributed by atoms with Gasteiger partial charge in [0.1, 0.15) is 0 Å². The number of carbonyl (C=O) groups is 1. The molecule has 4 heteroatoms. The van der Waals surface area contributed by atoms with Gasteiger partial charge in [0.2, 0.25) is 0 Å². The molecule has 0 heterocycles. The molecule has 0 aliphatic rings. The summed E-state index contributed by atoms with van der Waals surface area (Å²) in [6.45, 7) is 3.80. The lowest BCUT2D eigenvalue weighted by atomic mass is 10.1. The van der Waals surface area contributed by atoms with Gasteiger partial charge in [0.25, 0.3) is 5.91 Å². The standard InChI is InChI=1S/C18H19N3O/c1-4-20-16-11-10-15(18(22)19-3)12-17(16)21-13(2)14-8-6-5-7-9-14/h4-12H,1-3H3,(H,19,22). The first-order chi connectivity index (χ1) is 10.7. The van der Waals surface area contributed by atoms with E-state index in [1.54, 1.807) is 25.4 Å². The monoisotopic (exact) mass is 293 g/mol. The summed E-state index contributed by atoms with van der Waals surface area (Å²) in [4.78, 5) is 20.8. The molecule has 0 radical (unpaired) electrons. The Balaban J connectivity index is 2.49. The topological polar surface area (TPSA) is 53.8 Å². The predicted octanol–water partition coefficient (Wildman–Crippen LogP) is 3.91. The van der Waals surface area contributed by atoms with Gasteiger partial charge in [0.15, 0.2) is 0 Å². The quantitative estimate of drug-likeness (QED) is 0.854. The number of amides is 1. The third-order valence-corrected chi connectivity index (χ3v) is 3.21. The number of nitrogens with one attached hydrogen (secondary N) is 1. The van der Waals surface area contributed by atoms with E-state index in [0.717, 1.165) is 17.0 Å². The fourth-order valence-electron chi connectivity index (χ4n) is 2.07. The Morgan fingerprint density at radius 1 is 1.05 bits per heavy atom. The van der Waals surface area contributed by atoms with E-state index in [4.69, 9.17) is 0 Å². The summed E-state index contributed by atoms with van der Waals surface area (Å²) in [7, 11) is 1.61. The molecule has 2 rings (SSSR count). The number of rotatable bonds is 4. The van der Waals surface area contributed by atoms with Crippen molar-refractivity contribution in [3.63, 3.8) is 0 Å². The molecular weight excluding hydrogens is 274 g/mol. The maximum atomic E-state index is 11.8. The lowest BCUT2D eigenvalue weighted by Crippen LogP contribution is -2.17. The summed E-state index contributed by atoms with van der Waals surface area (Å²) >= 11 is 0. The number of carbonyl (C=O) groups excluding carboxylic acids is 1. The van der Waals surface area contributed by atoms with Crippen LogP contribution in [0.2, 0.25) is 0 Å². The highest BCUT2D eigenvalue weighted by molar-refractivity contribution is 6.02. The Labute approximate surface area is 130 Å². The molecule has 0 aromatic heterocycles. The van der Waals surface area contributed by atoms with Crippen LogP contribution < -0.4 is 5.32 Å². The Kier molecular flexibility index (Phi) is 5.20. The van der Waals surface area contributed by atoms with E-state index in [9.17, 15) is 4.79 Å². The molecular formula is C18H19N3O. The first kappa shape index (κ1) is 15.6. The SMILES string of the molecule is CC=Nc1ccc(C(=O)NC)cc1N=C(C)c1ccccc1. The Morgan fingerprint density at radius 2 is 1.77 bits per heavy atom. The Hall–Kier alpha value is -2.75. The molecule has 22 heavy (non-hydrogen) atoms. The van der Waals surface area contributed by atoms with Gasteiger partial charge < -0.3 is 5.32 Å². The van der Waals surface area contributed by atoms with Crippen molar-refractivity contribution in [3.05, 3.63) is 59.7 Å². The van der Waals surface area contributed by atoms with Crippen LogP contribution in [-0.4, -0.2) is 24.9 Å². The van der Waals surface area contributed by atoms with E-state index in [1.165, 1.54) is 0 Å². The van der Waals surface area contributed by atoms with Crippen LogP contribution in [0.3, 0.4) is 0 Å². The minimum absolute atomic E-state index is 0.138. The lowest BCUT2D eigenvalue weighted by Gasteiger charge is -2.06. The summed E-state index contributed by atoms with van der Waals surface area (Å²) in [6, 6.07) is 15.2.